The molecule has 3 aromatic heterocycles. The summed E-state index contributed by atoms with van der Waals surface area (Å²) in [5, 5.41) is 4.68. The zero-order chi connectivity index (χ0) is 20.8. The van der Waals surface area contributed by atoms with Crippen LogP contribution in [0.2, 0.25) is 0 Å². The molecule has 8 heteroatoms. The van der Waals surface area contributed by atoms with Gasteiger partial charge < -0.3 is 9.47 Å². The molecule has 2 aliphatic heterocycles. The minimum atomic E-state index is -0.215. The Bertz CT molecular complexity index is 1120. The maximum Gasteiger partial charge on any atom is 0.262 e. The van der Waals surface area contributed by atoms with Crippen molar-refractivity contribution >= 4 is 11.7 Å². The van der Waals surface area contributed by atoms with E-state index in [2.05, 4.69) is 10.1 Å². The van der Waals surface area contributed by atoms with Crippen LogP contribution in [0.1, 0.15) is 47.0 Å². The largest absolute Gasteiger partial charge is 0.495 e. The first-order valence-corrected chi connectivity index (χ1v) is 10.0. The first-order chi connectivity index (χ1) is 14.6. The van der Waals surface area contributed by atoms with Crippen molar-refractivity contribution in [2.45, 2.75) is 32.4 Å². The van der Waals surface area contributed by atoms with E-state index < -0.39 is 0 Å². The molecule has 30 heavy (non-hydrogen) atoms. The van der Waals surface area contributed by atoms with Crippen LogP contribution in [0.5, 0.6) is 5.75 Å². The van der Waals surface area contributed by atoms with Gasteiger partial charge in [0.1, 0.15) is 5.75 Å². The number of amides is 1. The van der Waals surface area contributed by atoms with Gasteiger partial charge in [0, 0.05) is 30.6 Å². The summed E-state index contributed by atoms with van der Waals surface area (Å²) in [6.45, 7) is 5.33. The molecule has 0 N–H and O–H groups in total. The Morgan fingerprint density at radius 3 is 2.90 bits per heavy atom. The minimum absolute atomic E-state index is 0.0641. The number of nitrogens with zero attached hydrogens (tertiary/aromatic N) is 5. The van der Waals surface area contributed by atoms with Gasteiger partial charge in [0.2, 0.25) is 0 Å². The molecule has 0 spiro atoms. The van der Waals surface area contributed by atoms with Gasteiger partial charge in [0.05, 0.1) is 48.9 Å². The highest BCUT2D eigenvalue weighted by molar-refractivity contribution is 6.11. The summed E-state index contributed by atoms with van der Waals surface area (Å²) in [5.74, 6) is 1.24. The molecule has 154 valence electrons. The predicted molar refractivity (Wildman–Crippen MR) is 111 cm³/mol. The van der Waals surface area contributed by atoms with E-state index >= 15 is 0 Å². The maximum atomic E-state index is 13.3. The summed E-state index contributed by atoms with van der Waals surface area (Å²) < 4.78 is 12.6. The van der Waals surface area contributed by atoms with Crippen LogP contribution in [0.4, 0.5) is 5.82 Å². The van der Waals surface area contributed by atoms with Crippen molar-refractivity contribution in [2.24, 2.45) is 0 Å². The molecule has 0 saturated carbocycles. The van der Waals surface area contributed by atoms with Crippen LogP contribution in [-0.4, -0.2) is 46.0 Å². The van der Waals surface area contributed by atoms with Gasteiger partial charge in [-0.2, -0.15) is 5.10 Å². The zero-order valence-corrected chi connectivity index (χ0v) is 17.2. The third-order valence-corrected chi connectivity index (χ3v) is 5.83. The van der Waals surface area contributed by atoms with E-state index in [0.717, 1.165) is 35.5 Å². The van der Waals surface area contributed by atoms with Crippen LogP contribution in [0, 0.1) is 6.92 Å². The quantitative estimate of drug-likeness (QED) is 0.662. The topological polar surface area (TPSA) is 82.4 Å². The molecular weight excluding hydrogens is 382 g/mol. The molecule has 5 rings (SSSR count). The molecule has 1 fully saturated rings. The fraction of sp³-hybridized carbons (Fsp3) is 0.364. The smallest absolute Gasteiger partial charge is 0.262 e. The molecular formula is C22H23N5O3. The van der Waals surface area contributed by atoms with Crippen molar-refractivity contribution in [1.29, 1.82) is 0 Å². The number of carbonyl (C=O) groups excluding carboxylic acids is 1. The van der Waals surface area contributed by atoms with Gasteiger partial charge in [0.25, 0.3) is 5.91 Å². The summed E-state index contributed by atoms with van der Waals surface area (Å²) in [4.78, 5) is 24.1. The number of hydrogen-bond acceptors (Lipinski definition) is 6. The molecule has 2 atom stereocenters. The number of carbonyl (C=O) groups is 1. The SMILES string of the molecule is COc1cncc(-c2cc(C)c3c(n2)C(C)N(c2ccn([C@@H]4CCOC4)n2)C3=O)c1. The normalized spacial score (nSPS) is 20.6. The Kier molecular flexibility index (Phi) is 4.51. The van der Waals surface area contributed by atoms with E-state index in [1.165, 1.54) is 0 Å². The van der Waals surface area contributed by atoms with Gasteiger partial charge in [0.15, 0.2) is 5.82 Å². The number of hydrogen-bond donors (Lipinski definition) is 0. The average Bonchev–Trinajstić information content (AvgIpc) is 3.49. The lowest BCUT2D eigenvalue weighted by Crippen LogP contribution is -2.27. The zero-order valence-electron chi connectivity index (χ0n) is 17.2. The van der Waals surface area contributed by atoms with Gasteiger partial charge in [-0.05, 0) is 38.0 Å². The van der Waals surface area contributed by atoms with Gasteiger partial charge in [-0.1, -0.05) is 0 Å². The molecule has 5 heterocycles. The maximum absolute atomic E-state index is 13.3. The molecule has 2 aliphatic rings. The average molecular weight is 405 g/mol. The summed E-state index contributed by atoms with van der Waals surface area (Å²) in [6, 6.07) is 5.72. The summed E-state index contributed by atoms with van der Waals surface area (Å²) >= 11 is 0. The van der Waals surface area contributed by atoms with Crippen molar-refractivity contribution in [1.82, 2.24) is 19.7 Å². The van der Waals surface area contributed by atoms with Crippen LogP contribution in [0.25, 0.3) is 11.3 Å². The summed E-state index contributed by atoms with van der Waals surface area (Å²) in [7, 11) is 1.61. The first kappa shape index (κ1) is 18.7. The van der Waals surface area contributed by atoms with Gasteiger partial charge in [-0.15, -0.1) is 0 Å². The molecule has 1 amide bonds. The van der Waals surface area contributed by atoms with E-state index in [4.69, 9.17) is 14.5 Å². The Labute approximate surface area is 174 Å². The monoisotopic (exact) mass is 405 g/mol. The predicted octanol–water partition coefficient (Wildman–Crippen LogP) is 3.34. The van der Waals surface area contributed by atoms with Crippen LogP contribution in [0.15, 0.2) is 36.8 Å². The molecule has 8 nitrogen and oxygen atoms in total. The summed E-state index contributed by atoms with van der Waals surface area (Å²) in [6.07, 6.45) is 6.26. The van der Waals surface area contributed by atoms with Crippen molar-refractivity contribution in [3.05, 3.63) is 53.6 Å². The fourth-order valence-corrected chi connectivity index (χ4v) is 4.21. The second kappa shape index (κ2) is 7.21. The van der Waals surface area contributed by atoms with Crippen molar-refractivity contribution in [2.75, 3.05) is 25.2 Å². The fourth-order valence-electron chi connectivity index (χ4n) is 4.21. The van der Waals surface area contributed by atoms with E-state index in [1.807, 2.05) is 42.9 Å². The van der Waals surface area contributed by atoms with Gasteiger partial charge in [-0.25, -0.2) is 4.98 Å². The van der Waals surface area contributed by atoms with E-state index in [0.29, 0.717) is 23.7 Å². The van der Waals surface area contributed by atoms with E-state index in [9.17, 15) is 4.79 Å². The second-order valence-electron chi connectivity index (χ2n) is 7.72. The first-order valence-electron chi connectivity index (χ1n) is 10.0. The molecule has 0 aromatic carbocycles. The van der Waals surface area contributed by atoms with Crippen molar-refractivity contribution in [3.8, 4) is 17.0 Å². The third-order valence-electron chi connectivity index (χ3n) is 5.83. The molecule has 0 radical (unpaired) electrons. The van der Waals surface area contributed by atoms with Crippen LogP contribution >= 0.6 is 0 Å². The number of anilines is 1. The van der Waals surface area contributed by atoms with Crippen LogP contribution in [0.3, 0.4) is 0 Å². The third kappa shape index (κ3) is 2.95. The Morgan fingerprint density at radius 2 is 2.13 bits per heavy atom. The minimum Gasteiger partial charge on any atom is -0.495 e. The van der Waals surface area contributed by atoms with Crippen molar-refractivity contribution in [3.63, 3.8) is 0 Å². The van der Waals surface area contributed by atoms with E-state index in [1.54, 1.807) is 24.4 Å². The Balaban J connectivity index is 1.51. The number of pyridine rings is 2. The Hall–Kier alpha value is -3.26. The molecule has 0 bridgehead atoms. The lowest BCUT2D eigenvalue weighted by Gasteiger charge is -2.19. The highest BCUT2D eigenvalue weighted by atomic mass is 16.5. The molecule has 1 unspecified atom stereocenters. The van der Waals surface area contributed by atoms with Crippen LogP contribution in [-0.2, 0) is 4.74 Å². The lowest BCUT2D eigenvalue weighted by molar-refractivity contribution is 0.0991. The van der Waals surface area contributed by atoms with Gasteiger partial charge >= 0.3 is 0 Å². The number of ether oxygens (including phenoxy) is 2. The number of aryl methyl sites for hydroxylation is 1. The number of fused-ring (bicyclic) bond motifs is 1. The van der Waals surface area contributed by atoms with Gasteiger partial charge in [-0.3, -0.25) is 19.4 Å². The summed E-state index contributed by atoms with van der Waals surface area (Å²) in [5.41, 5.74) is 3.93. The number of aromatic nitrogens is 4. The molecule has 1 saturated heterocycles. The molecule has 0 aliphatic carbocycles. The second-order valence-corrected chi connectivity index (χ2v) is 7.72. The number of rotatable bonds is 4. The van der Waals surface area contributed by atoms with Crippen molar-refractivity contribution < 1.29 is 14.3 Å². The standard InChI is InChI=1S/C22H23N5O3/c1-13-8-18(15-9-17(29-3)11-23-10-15)24-21-14(2)27(22(28)20(13)21)19-4-6-26(25-19)16-5-7-30-12-16/h4,6,8-11,14,16H,5,7,12H2,1-3H3/t14?,16-/m1/s1. The Morgan fingerprint density at radius 1 is 1.27 bits per heavy atom. The number of methoxy groups -OCH3 is 1. The highest BCUT2D eigenvalue weighted by Crippen LogP contribution is 2.38. The van der Waals surface area contributed by atoms with E-state index in [-0.39, 0.29) is 18.0 Å². The lowest BCUT2D eigenvalue weighted by atomic mass is 10.0. The van der Waals surface area contributed by atoms with Crippen LogP contribution < -0.4 is 9.64 Å². The molecule has 3 aromatic rings. The highest BCUT2D eigenvalue weighted by Gasteiger charge is 2.39.